The zero-order valence-corrected chi connectivity index (χ0v) is 11.7. The van der Waals surface area contributed by atoms with Crippen LogP contribution < -0.4 is 0 Å². The van der Waals surface area contributed by atoms with Crippen LogP contribution in [0.3, 0.4) is 0 Å². The van der Waals surface area contributed by atoms with Crippen LogP contribution in [0.25, 0.3) is 0 Å². The second kappa shape index (κ2) is 6.41. The molecular formula is C14H26N2O2. The van der Waals surface area contributed by atoms with E-state index < -0.39 is 0 Å². The van der Waals surface area contributed by atoms with Gasteiger partial charge in [-0.15, -0.1) is 0 Å². The second-order valence-corrected chi connectivity index (χ2v) is 5.76. The van der Waals surface area contributed by atoms with Gasteiger partial charge in [0.05, 0.1) is 0 Å². The lowest BCUT2D eigenvalue weighted by Crippen LogP contribution is -2.40. The van der Waals surface area contributed by atoms with Crippen molar-refractivity contribution in [1.29, 1.82) is 0 Å². The first-order valence-corrected chi connectivity index (χ1v) is 7.21. The largest absolute Gasteiger partial charge is 0.385 e. The molecule has 0 unspecified atom stereocenters. The van der Waals surface area contributed by atoms with Gasteiger partial charge in [-0.2, -0.15) is 0 Å². The van der Waals surface area contributed by atoms with E-state index in [2.05, 4.69) is 4.90 Å². The average molecular weight is 254 g/mol. The van der Waals surface area contributed by atoms with E-state index in [1.54, 1.807) is 7.11 Å². The third-order valence-corrected chi connectivity index (χ3v) is 4.42. The minimum absolute atomic E-state index is 0.209. The first kappa shape index (κ1) is 13.7. The second-order valence-electron chi connectivity index (χ2n) is 5.76. The van der Waals surface area contributed by atoms with Crippen molar-refractivity contribution < 1.29 is 9.53 Å². The highest BCUT2D eigenvalue weighted by Gasteiger charge is 2.37. The highest BCUT2D eigenvalue weighted by molar-refractivity contribution is 5.74. The number of likely N-dealkylation sites (tertiary alicyclic amines) is 1. The summed E-state index contributed by atoms with van der Waals surface area (Å²) in [5.41, 5.74) is 0. The van der Waals surface area contributed by atoms with Gasteiger partial charge in [0.2, 0.25) is 0 Å². The van der Waals surface area contributed by atoms with Crippen molar-refractivity contribution in [2.45, 2.75) is 32.1 Å². The van der Waals surface area contributed by atoms with Crippen LogP contribution in [0.1, 0.15) is 32.1 Å². The van der Waals surface area contributed by atoms with Crippen LogP contribution in [0.4, 0.5) is 4.79 Å². The molecule has 2 aliphatic rings. The van der Waals surface area contributed by atoms with E-state index in [1.807, 2.05) is 11.9 Å². The SMILES string of the molecule is COCCCN(C)C(=O)N1C[C@H]2CCCC[C@H]2C1. The van der Waals surface area contributed by atoms with Crippen molar-refractivity contribution in [3.05, 3.63) is 0 Å². The number of nitrogens with zero attached hydrogens (tertiary/aromatic N) is 2. The summed E-state index contributed by atoms with van der Waals surface area (Å²) in [6.07, 6.45) is 6.27. The van der Waals surface area contributed by atoms with Gasteiger partial charge < -0.3 is 14.5 Å². The van der Waals surface area contributed by atoms with Gasteiger partial charge in [0.1, 0.15) is 0 Å². The zero-order chi connectivity index (χ0) is 13.0. The third-order valence-electron chi connectivity index (χ3n) is 4.42. The number of amides is 2. The third kappa shape index (κ3) is 3.16. The van der Waals surface area contributed by atoms with Gasteiger partial charge in [-0.25, -0.2) is 4.79 Å². The van der Waals surface area contributed by atoms with Gasteiger partial charge in [0.25, 0.3) is 0 Å². The van der Waals surface area contributed by atoms with Crippen LogP contribution in [0.2, 0.25) is 0 Å². The van der Waals surface area contributed by atoms with Crippen LogP contribution in [0.15, 0.2) is 0 Å². The monoisotopic (exact) mass is 254 g/mol. The lowest BCUT2D eigenvalue weighted by Gasteiger charge is -2.24. The molecule has 0 radical (unpaired) electrons. The molecule has 2 rings (SSSR count). The van der Waals surface area contributed by atoms with Crippen LogP contribution in [-0.2, 0) is 4.74 Å². The fraction of sp³-hybridized carbons (Fsp3) is 0.929. The molecule has 0 bridgehead atoms. The van der Waals surface area contributed by atoms with E-state index in [-0.39, 0.29) is 6.03 Å². The Bertz CT molecular complexity index is 269. The Hall–Kier alpha value is -0.770. The zero-order valence-electron chi connectivity index (χ0n) is 11.7. The van der Waals surface area contributed by atoms with Gasteiger partial charge in [-0.05, 0) is 31.1 Å². The molecule has 0 aromatic carbocycles. The van der Waals surface area contributed by atoms with Crippen molar-refractivity contribution in [2.24, 2.45) is 11.8 Å². The lowest BCUT2D eigenvalue weighted by atomic mass is 9.82. The standard InChI is InChI=1S/C14H26N2O2/c1-15(8-5-9-18-2)14(17)16-10-12-6-3-4-7-13(12)11-16/h12-13H,3-11H2,1-2H3/t12-,13+. The van der Waals surface area contributed by atoms with E-state index in [4.69, 9.17) is 4.74 Å². The molecule has 104 valence electrons. The number of carbonyl (C=O) groups excluding carboxylic acids is 1. The summed E-state index contributed by atoms with van der Waals surface area (Å²) < 4.78 is 5.02. The molecule has 1 aliphatic heterocycles. The Morgan fingerprint density at radius 1 is 1.28 bits per heavy atom. The Balaban J connectivity index is 1.79. The van der Waals surface area contributed by atoms with Crippen molar-refractivity contribution in [3.8, 4) is 0 Å². The van der Waals surface area contributed by atoms with Crippen molar-refractivity contribution in [1.82, 2.24) is 9.80 Å². The Morgan fingerprint density at radius 2 is 1.89 bits per heavy atom. The molecule has 0 spiro atoms. The molecule has 4 nitrogen and oxygen atoms in total. The van der Waals surface area contributed by atoms with Crippen molar-refractivity contribution in [2.75, 3.05) is 40.4 Å². The molecule has 4 heteroatoms. The van der Waals surface area contributed by atoms with E-state index >= 15 is 0 Å². The van der Waals surface area contributed by atoms with E-state index in [9.17, 15) is 4.79 Å². The number of rotatable bonds is 4. The smallest absolute Gasteiger partial charge is 0.319 e. The van der Waals surface area contributed by atoms with Gasteiger partial charge in [0.15, 0.2) is 0 Å². The molecule has 0 aromatic rings. The average Bonchev–Trinajstić information content (AvgIpc) is 2.81. The number of methoxy groups -OCH3 is 1. The van der Waals surface area contributed by atoms with Crippen LogP contribution >= 0.6 is 0 Å². The molecule has 0 N–H and O–H groups in total. The molecule has 1 aliphatic carbocycles. The number of carbonyl (C=O) groups is 1. The van der Waals surface area contributed by atoms with Gasteiger partial charge in [0, 0.05) is 40.4 Å². The maximum atomic E-state index is 12.3. The highest BCUT2D eigenvalue weighted by Crippen LogP contribution is 2.36. The summed E-state index contributed by atoms with van der Waals surface area (Å²) in [6.45, 7) is 3.48. The van der Waals surface area contributed by atoms with Crippen molar-refractivity contribution >= 4 is 6.03 Å². The predicted molar refractivity (Wildman–Crippen MR) is 71.5 cm³/mol. The van der Waals surface area contributed by atoms with Gasteiger partial charge >= 0.3 is 6.03 Å². The fourth-order valence-electron chi connectivity index (χ4n) is 3.35. The molecular weight excluding hydrogens is 228 g/mol. The molecule has 1 heterocycles. The first-order valence-electron chi connectivity index (χ1n) is 7.21. The first-order chi connectivity index (χ1) is 8.72. The normalized spacial score (nSPS) is 27.1. The number of hydrogen-bond acceptors (Lipinski definition) is 2. The Kier molecular flexibility index (Phi) is 4.87. The maximum absolute atomic E-state index is 12.3. The lowest BCUT2D eigenvalue weighted by molar-refractivity contribution is 0.156. The van der Waals surface area contributed by atoms with E-state index in [0.717, 1.165) is 44.5 Å². The predicted octanol–water partition coefficient (Wildman–Crippen LogP) is 2.20. The van der Waals surface area contributed by atoms with E-state index in [0.29, 0.717) is 0 Å². The summed E-state index contributed by atoms with van der Waals surface area (Å²) in [5, 5.41) is 0. The Morgan fingerprint density at radius 3 is 2.44 bits per heavy atom. The van der Waals surface area contributed by atoms with Gasteiger partial charge in [-0.1, -0.05) is 12.8 Å². The topological polar surface area (TPSA) is 32.8 Å². The van der Waals surface area contributed by atoms with E-state index in [1.165, 1.54) is 25.7 Å². The van der Waals surface area contributed by atoms with Crippen LogP contribution in [0, 0.1) is 11.8 Å². The van der Waals surface area contributed by atoms with Crippen LogP contribution in [-0.4, -0.2) is 56.2 Å². The fourth-order valence-corrected chi connectivity index (χ4v) is 3.35. The Labute approximate surface area is 110 Å². The summed E-state index contributed by atoms with van der Waals surface area (Å²) in [4.78, 5) is 16.2. The summed E-state index contributed by atoms with van der Waals surface area (Å²) in [7, 11) is 3.60. The quantitative estimate of drug-likeness (QED) is 0.721. The number of hydrogen-bond donors (Lipinski definition) is 0. The molecule has 1 saturated carbocycles. The summed E-state index contributed by atoms with van der Waals surface area (Å²) in [5.74, 6) is 1.55. The van der Waals surface area contributed by atoms with Gasteiger partial charge in [-0.3, -0.25) is 0 Å². The molecule has 2 amide bonds. The minimum atomic E-state index is 0.209. The summed E-state index contributed by atoms with van der Waals surface area (Å²) in [6, 6.07) is 0.209. The number of fused-ring (bicyclic) bond motifs is 1. The molecule has 18 heavy (non-hydrogen) atoms. The number of ether oxygens (including phenoxy) is 1. The summed E-state index contributed by atoms with van der Waals surface area (Å²) >= 11 is 0. The molecule has 2 fully saturated rings. The minimum Gasteiger partial charge on any atom is -0.385 e. The molecule has 0 aromatic heterocycles. The highest BCUT2D eigenvalue weighted by atomic mass is 16.5. The van der Waals surface area contributed by atoms with Crippen LogP contribution in [0.5, 0.6) is 0 Å². The molecule has 2 atom stereocenters. The number of urea groups is 1. The molecule has 1 saturated heterocycles. The maximum Gasteiger partial charge on any atom is 0.319 e. The van der Waals surface area contributed by atoms with Crippen molar-refractivity contribution in [3.63, 3.8) is 0 Å².